The Morgan fingerprint density at radius 1 is 1.37 bits per heavy atom. The van der Waals surface area contributed by atoms with E-state index >= 15 is 0 Å². The number of aryl methyl sites for hydroxylation is 2. The van der Waals surface area contributed by atoms with Crippen molar-refractivity contribution >= 4 is 39.8 Å². The average molecular weight is 395 g/mol. The molecule has 12 heteroatoms. The molecule has 0 atom stereocenters. The largest absolute Gasteiger partial charge is 0.462 e. The van der Waals surface area contributed by atoms with Gasteiger partial charge in [-0.25, -0.2) is 4.79 Å². The van der Waals surface area contributed by atoms with Gasteiger partial charge < -0.3 is 15.8 Å². The lowest BCUT2D eigenvalue weighted by Crippen LogP contribution is -2.19. The molecule has 0 fully saturated rings. The fourth-order valence-electron chi connectivity index (χ4n) is 2.57. The smallest absolute Gasteiger partial charge is 0.341 e. The molecule has 3 N–H and O–H groups in total. The van der Waals surface area contributed by atoms with Crippen LogP contribution in [0.25, 0.3) is 0 Å². The van der Waals surface area contributed by atoms with Gasteiger partial charge >= 0.3 is 11.7 Å². The fraction of sp³-hybridized carbons (Fsp3) is 0.333. The Morgan fingerprint density at radius 2 is 2.00 bits per heavy atom. The van der Waals surface area contributed by atoms with Gasteiger partial charge in [0, 0.05) is 7.05 Å². The first-order valence-corrected chi connectivity index (χ1v) is 8.51. The number of carbonyl (C=O) groups excluding carboxylic acids is 3. The number of nitrogens with zero attached hydrogens (tertiary/aromatic N) is 3. The SMILES string of the molecule is CCOC(=O)c1c(NC(=O)c2c([N+](=O)[O-])c(C)nn2C)sc(C(N)=O)c1C. The van der Waals surface area contributed by atoms with Crippen molar-refractivity contribution in [3.63, 3.8) is 0 Å². The second-order valence-corrected chi connectivity index (χ2v) is 6.48. The highest BCUT2D eigenvalue weighted by Crippen LogP contribution is 2.34. The third-order valence-corrected chi connectivity index (χ3v) is 4.89. The number of nitrogens with one attached hydrogen (secondary N) is 1. The van der Waals surface area contributed by atoms with Gasteiger partial charge in [0.1, 0.15) is 10.7 Å². The molecule has 2 heterocycles. The zero-order chi connectivity index (χ0) is 20.5. The molecule has 144 valence electrons. The number of hydrogen-bond acceptors (Lipinski definition) is 8. The van der Waals surface area contributed by atoms with E-state index in [2.05, 4.69) is 10.4 Å². The van der Waals surface area contributed by atoms with Crippen molar-refractivity contribution in [2.75, 3.05) is 11.9 Å². The Morgan fingerprint density at radius 3 is 2.52 bits per heavy atom. The molecule has 0 saturated carbocycles. The molecular formula is C15H17N5O6S. The first-order valence-electron chi connectivity index (χ1n) is 7.69. The number of aromatic nitrogens is 2. The third kappa shape index (κ3) is 3.65. The van der Waals surface area contributed by atoms with Gasteiger partial charge in [-0.3, -0.25) is 24.4 Å². The van der Waals surface area contributed by atoms with Crippen LogP contribution in [0.3, 0.4) is 0 Å². The highest BCUT2D eigenvalue weighted by atomic mass is 32.1. The van der Waals surface area contributed by atoms with Crippen LogP contribution in [0.1, 0.15) is 48.7 Å². The fourth-order valence-corrected chi connectivity index (χ4v) is 3.61. The number of anilines is 1. The molecule has 0 aromatic carbocycles. The van der Waals surface area contributed by atoms with Crippen molar-refractivity contribution in [1.29, 1.82) is 0 Å². The van der Waals surface area contributed by atoms with Crippen LogP contribution < -0.4 is 11.1 Å². The van der Waals surface area contributed by atoms with Gasteiger partial charge in [0.2, 0.25) is 5.69 Å². The summed E-state index contributed by atoms with van der Waals surface area (Å²) in [5, 5.41) is 17.6. The van der Waals surface area contributed by atoms with Crippen molar-refractivity contribution in [2.24, 2.45) is 12.8 Å². The van der Waals surface area contributed by atoms with E-state index in [1.807, 2.05) is 0 Å². The Balaban J connectivity index is 2.53. The van der Waals surface area contributed by atoms with Crippen LogP contribution in [0.2, 0.25) is 0 Å². The van der Waals surface area contributed by atoms with E-state index in [1.165, 1.54) is 20.9 Å². The Labute approximate surface area is 157 Å². The van der Waals surface area contributed by atoms with Crippen LogP contribution in [0.15, 0.2) is 0 Å². The zero-order valence-electron chi connectivity index (χ0n) is 15.0. The molecular weight excluding hydrogens is 378 g/mol. The number of thiophene rings is 1. The molecule has 0 aliphatic heterocycles. The molecule has 11 nitrogen and oxygen atoms in total. The minimum atomic E-state index is -0.854. The maximum Gasteiger partial charge on any atom is 0.341 e. The summed E-state index contributed by atoms with van der Waals surface area (Å²) >= 11 is 0.791. The number of amides is 2. The summed E-state index contributed by atoms with van der Waals surface area (Å²) in [5.74, 6) is -2.37. The molecule has 0 aliphatic carbocycles. The van der Waals surface area contributed by atoms with E-state index in [1.54, 1.807) is 6.92 Å². The maximum absolute atomic E-state index is 12.7. The molecule has 0 aliphatic rings. The van der Waals surface area contributed by atoms with Gasteiger partial charge in [-0.15, -0.1) is 11.3 Å². The van der Waals surface area contributed by atoms with E-state index in [0.29, 0.717) is 0 Å². The van der Waals surface area contributed by atoms with Gasteiger partial charge in [0.15, 0.2) is 0 Å². The van der Waals surface area contributed by atoms with Crippen molar-refractivity contribution in [3.8, 4) is 0 Å². The van der Waals surface area contributed by atoms with Gasteiger partial charge in [-0.1, -0.05) is 0 Å². The molecule has 2 aromatic rings. The molecule has 2 amide bonds. The van der Waals surface area contributed by atoms with E-state index in [0.717, 1.165) is 16.0 Å². The number of esters is 1. The Bertz CT molecular complexity index is 961. The highest BCUT2D eigenvalue weighted by molar-refractivity contribution is 7.18. The van der Waals surface area contributed by atoms with Crippen LogP contribution in [-0.4, -0.2) is 39.1 Å². The molecule has 0 bridgehead atoms. The predicted octanol–water partition coefficient (Wildman–Crippen LogP) is 1.53. The van der Waals surface area contributed by atoms with Crippen molar-refractivity contribution in [2.45, 2.75) is 20.8 Å². The van der Waals surface area contributed by atoms with E-state index < -0.39 is 28.4 Å². The number of nitrogens with two attached hydrogens (primary N) is 1. The zero-order valence-corrected chi connectivity index (χ0v) is 15.8. The summed E-state index contributed by atoms with van der Waals surface area (Å²) < 4.78 is 6.03. The van der Waals surface area contributed by atoms with Crippen LogP contribution >= 0.6 is 11.3 Å². The van der Waals surface area contributed by atoms with E-state index in [-0.39, 0.29) is 39.0 Å². The van der Waals surface area contributed by atoms with Crippen molar-refractivity contribution in [1.82, 2.24) is 9.78 Å². The Hall–Kier alpha value is -3.28. The number of carbonyl (C=O) groups is 3. The highest BCUT2D eigenvalue weighted by Gasteiger charge is 2.32. The quantitative estimate of drug-likeness (QED) is 0.426. The summed E-state index contributed by atoms with van der Waals surface area (Å²) in [6.45, 7) is 4.59. The number of primary amides is 1. The molecule has 0 saturated heterocycles. The Kier molecular flexibility index (Phi) is 5.59. The lowest BCUT2D eigenvalue weighted by Gasteiger charge is -2.07. The summed E-state index contributed by atoms with van der Waals surface area (Å²) in [6, 6.07) is 0. The van der Waals surface area contributed by atoms with Gasteiger partial charge in [-0.05, 0) is 26.3 Å². The number of ether oxygens (including phenoxy) is 1. The van der Waals surface area contributed by atoms with Crippen molar-refractivity contribution < 1.29 is 24.0 Å². The first kappa shape index (κ1) is 20.0. The van der Waals surface area contributed by atoms with Crippen LogP contribution in [-0.2, 0) is 11.8 Å². The normalized spacial score (nSPS) is 10.5. The topological polar surface area (TPSA) is 159 Å². The molecule has 0 spiro atoms. The molecule has 0 radical (unpaired) electrons. The van der Waals surface area contributed by atoms with Gasteiger partial charge in [0.25, 0.3) is 11.8 Å². The van der Waals surface area contributed by atoms with Crippen LogP contribution in [0.5, 0.6) is 0 Å². The van der Waals surface area contributed by atoms with Gasteiger partial charge in [-0.2, -0.15) is 5.10 Å². The molecule has 2 rings (SSSR count). The lowest BCUT2D eigenvalue weighted by atomic mass is 10.1. The second kappa shape index (κ2) is 7.53. The number of rotatable bonds is 6. The van der Waals surface area contributed by atoms with E-state index in [9.17, 15) is 24.5 Å². The first-order chi connectivity index (χ1) is 12.6. The molecule has 27 heavy (non-hydrogen) atoms. The van der Waals surface area contributed by atoms with E-state index in [4.69, 9.17) is 10.5 Å². The minimum absolute atomic E-state index is 0.0119. The second-order valence-electron chi connectivity index (χ2n) is 5.46. The maximum atomic E-state index is 12.7. The summed E-state index contributed by atoms with van der Waals surface area (Å²) in [5.41, 5.74) is 4.87. The average Bonchev–Trinajstić information content (AvgIpc) is 3.03. The lowest BCUT2D eigenvalue weighted by molar-refractivity contribution is -0.385. The third-order valence-electron chi connectivity index (χ3n) is 3.67. The van der Waals surface area contributed by atoms with Gasteiger partial charge in [0.05, 0.1) is 22.0 Å². The van der Waals surface area contributed by atoms with Crippen LogP contribution in [0, 0.1) is 24.0 Å². The predicted molar refractivity (Wildman–Crippen MR) is 96.1 cm³/mol. The number of nitro groups is 1. The van der Waals surface area contributed by atoms with Crippen molar-refractivity contribution in [3.05, 3.63) is 37.5 Å². The molecule has 2 aromatic heterocycles. The monoisotopic (exact) mass is 395 g/mol. The molecule has 0 unspecified atom stereocenters. The summed E-state index contributed by atoms with van der Waals surface area (Å²) in [7, 11) is 1.38. The summed E-state index contributed by atoms with van der Waals surface area (Å²) in [4.78, 5) is 47.1. The van der Waals surface area contributed by atoms with Crippen LogP contribution in [0.4, 0.5) is 10.7 Å². The minimum Gasteiger partial charge on any atom is -0.462 e. The summed E-state index contributed by atoms with van der Waals surface area (Å²) in [6.07, 6.45) is 0. The standard InChI is InChI=1S/C15H17N5O6S/c1-5-26-15(23)8-6(2)11(12(16)21)27-14(8)17-13(22)10-9(20(24)25)7(3)18-19(10)4/h5H2,1-4H3,(H2,16,21)(H,17,22). The number of hydrogen-bond donors (Lipinski definition) is 2.